The van der Waals surface area contributed by atoms with E-state index in [1.807, 2.05) is 6.08 Å². The summed E-state index contributed by atoms with van der Waals surface area (Å²) in [5.41, 5.74) is 0.757. The van der Waals surface area contributed by atoms with Gasteiger partial charge in [0.15, 0.2) is 0 Å². The maximum atomic E-state index is 11.5. The van der Waals surface area contributed by atoms with Gasteiger partial charge in [-0.3, -0.25) is 0 Å². The van der Waals surface area contributed by atoms with Crippen molar-refractivity contribution in [3.05, 3.63) is 23.5 Å². The Morgan fingerprint density at radius 3 is 2.67 bits per heavy atom. The van der Waals surface area contributed by atoms with Crippen LogP contribution in [0.25, 0.3) is 0 Å². The van der Waals surface area contributed by atoms with Gasteiger partial charge in [-0.25, -0.2) is 9.59 Å². The van der Waals surface area contributed by atoms with Crippen LogP contribution >= 0.6 is 0 Å². The second-order valence-corrected chi connectivity index (χ2v) is 9.50. The molecule has 5 aliphatic heterocycles. The number of hydrogen-bond acceptors (Lipinski definition) is 8. The first-order valence-electron chi connectivity index (χ1n) is 10.5. The number of ether oxygens (including phenoxy) is 5. The van der Waals surface area contributed by atoms with Crippen molar-refractivity contribution >= 4 is 11.9 Å². The van der Waals surface area contributed by atoms with Crippen molar-refractivity contribution in [3.8, 4) is 0 Å². The number of aliphatic hydroxyl groups is 1. The highest BCUT2D eigenvalue weighted by Gasteiger charge is 2.66. The zero-order valence-corrected chi connectivity index (χ0v) is 15.7. The van der Waals surface area contributed by atoms with Crippen LogP contribution in [0.2, 0.25) is 0 Å². The van der Waals surface area contributed by atoms with E-state index < -0.39 is 5.60 Å². The van der Waals surface area contributed by atoms with Crippen molar-refractivity contribution in [1.29, 1.82) is 0 Å². The van der Waals surface area contributed by atoms with Gasteiger partial charge in [0.1, 0.15) is 12.2 Å². The Hall–Kier alpha value is -1.90. The van der Waals surface area contributed by atoms with E-state index in [0.717, 1.165) is 30.6 Å². The summed E-state index contributed by atoms with van der Waals surface area (Å²) in [6.07, 6.45) is 5.65. The van der Waals surface area contributed by atoms with Gasteiger partial charge in [-0.05, 0) is 18.8 Å². The molecule has 0 unspecified atom stereocenters. The molecule has 1 N–H and O–H groups in total. The fraction of sp³-hybridized carbons (Fsp3) is 0.727. The van der Waals surface area contributed by atoms with Crippen LogP contribution in [-0.2, 0) is 33.3 Å². The SMILES string of the molecule is C.O=C1O[C@H]2C[C@@]3(O)CO[C@H]4CC=C1[C@@H]2[C@H]43.O=C1O[C@H]2C[C@H]3CO[C@H]4OC=C1[C@@H]2[C@@H]34. The minimum atomic E-state index is -0.750. The van der Waals surface area contributed by atoms with Crippen LogP contribution in [0.4, 0.5) is 0 Å². The van der Waals surface area contributed by atoms with Crippen molar-refractivity contribution in [2.24, 2.45) is 29.6 Å². The molecular formula is C22H26O8. The van der Waals surface area contributed by atoms with Gasteiger partial charge in [-0.15, -0.1) is 0 Å². The summed E-state index contributed by atoms with van der Waals surface area (Å²) in [4.78, 5) is 22.9. The molecule has 8 aliphatic rings. The van der Waals surface area contributed by atoms with Gasteiger partial charge in [-0.2, -0.15) is 0 Å². The molecule has 5 heterocycles. The lowest BCUT2D eigenvalue weighted by molar-refractivity contribution is -0.140. The molecule has 3 aliphatic carbocycles. The Balaban J connectivity index is 0.000000113. The molecule has 8 nitrogen and oxygen atoms in total. The number of rotatable bonds is 0. The third-order valence-corrected chi connectivity index (χ3v) is 8.20. The van der Waals surface area contributed by atoms with Crippen LogP contribution < -0.4 is 0 Å². The molecule has 0 aromatic rings. The molecule has 0 bridgehead atoms. The summed E-state index contributed by atoms with van der Waals surface area (Å²) in [5, 5.41) is 10.4. The van der Waals surface area contributed by atoms with Gasteiger partial charge in [0.25, 0.3) is 0 Å². The maximum absolute atomic E-state index is 11.5. The molecule has 8 rings (SSSR count). The predicted molar refractivity (Wildman–Crippen MR) is 99.5 cm³/mol. The monoisotopic (exact) mass is 418 g/mol. The number of carbonyl (C=O) groups excluding carboxylic acids is 2. The molecule has 2 saturated carbocycles. The quantitative estimate of drug-likeness (QED) is 0.584. The Kier molecular flexibility index (Phi) is 3.82. The molecule has 8 heteroatoms. The molecule has 162 valence electrons. The summed E-state index contributed by atoms with van der Waals surface area (Å²) in [6.45, 7) is 1.15. The molecule has 4 saturated heterocycles. The van der Waals surface area contributed by atoms with E-state index in [0.29, 0.717) is 24.9 Å². The zero-order valence-electron chi connectivity index (χ0n) is 15.7. The first-order valence-corrected chi connectivity index (χ1v) is 10.5. The van der Waals surface area contributed by atoms with Crippen LogP contribution in [0, 0.1) is 29.6 Å². The summed E-state index contributed by atoms with van der Waals surface area (Å²) in [5.74, 6) is 0.908. The molecule has 30 heavy (non-hydrogen) atoms. The van der Waals surface area contributed by atoms with Crippen LogP contribution in [0.15, 0.2) is 23.5 Å². The normalized spacial score (nSPS) is 52.1. The molecule has 6 fully saturated rings. The van der Waals surface area contributed by atoms with Crippen molar-refractivity contribution in [1.82, 2.24) is 0 Å². The van der Waals surface area contributed by atoms with Gasteiger partial charge in [-0.1, -0.05) is 13.5 Å². The Morgan fingerprint density at radius 1 is 1.00 bits per heavy atom. The van der Waals surface area contributed by atoms with Crippen LogP contribution in [-0.4, -0.2) is 60.5 Å². The summed E-state index contributed by atoms with van der Waals surface area (Å²) in [7, 11) is 0. The van der Waals surface area contributed by atoms with Gasteiger partial charge >= 0.3 is 11.9 Å². The highest BCUT2D eigenvalue weighted by atomic mass is 16.7. The van der Waals surface area contributed by atoms with E-state index in [-0.39, 0.29) is 61.7 Å². The smallest absolute Gasteiger partial charge is 0.337 e. The lowest BCUT2D eigenvalue weighted by atomic mass is 9.76. The highest BCUT2D eigenvalue weighted by molar-refractivity contribution is 5.92. The Morgan fingerprint density at radius 2 is 1.80 bits per heavy atom. The maximum Gasteiger partial charge on any atom is 0.337 e. The summed E-state index contributed by atoms with van der Waals surface area (Å²) in [6, 6.07) is 0. The standard InChI is InChI=1S/C11H12O4.C10H10O4.CH4/c12-10-5-1-2-6-9-8(5)7(15-10)3-11(9,13)4-14-6;11-9-5-3-13-10-7-4(2-12-10)1-6(14-9)8(5)7;/h1,6-9,13H,2-4H2;3-4,6-8,10H,1-2H2;1H4/t6-,7-,8-,9-,11+;4-,6-,7+,8-,10-;/m00./s1. The van der Waals surface area contributed by atoms with Gasteiger partial charge in [0.05, 0.1) is 36.8 Å². The predicted octanol–water partition coefficient (Wildman–Crippen LogP) is 1.08. The topological polar surface area (TPSA) is 101 Å². The first kappa shape index (κ1) is 18.8. The van der Waals surface area contributed by atoms with E-state index in [9.17, 15) is 14.7 Å². The number of carbonyl (C=O) groups is 2. The Bertz CT molecular complexity index is 878. The van der Waals surface area contributed by atoms with E-state index >= 15 is 0 Å². The van der Waals surface area contributed by atoms with E-state index in [1.165, 1.54) is 0 Å². The average molecular weight is 418 g/mol. The summed E-state index contributed by atoms with van der Waals surface area (Å²) < 4.78 is 27.1. The third kappa shape index (κ3) is 2.22. The molecule has 0 aromatic carbocycles. The molecule has 0 spiro atoms. The van der Waals surface area contributed by atoms with Crippen LogP contribution in [0.1, 0.15) is 26.7 Å². The summed E-state index contributed by atoms with van der Waals surface area (Å²) >= 11 is 0. The molecule has 0 amide bonds. The second-order valence-electron chi connectivity index (χ2n) is 9.50. The molecule has 10 atom stereocenters. The number of hydrogen-bond donors (Lipinski definition) is 1. The number of esters is 2. The lowest BCUT2D eigenvalue weighted by Crippen LogP contribution is -2.39. The molecular weight excluding hydrogens is 392 g/mol. The van der Waals surface area contributed by atoms with E-state index in [4.69, 9.17) is 23.7 Å². The van der Waals surface area contributed by atoms with Crippen molar-refractivity contribution in [3.63, 3.8) is 0 Å². The van der Waals surface area contributed by atoms with E-state index in [1.54, 1.807) is 6.26 Å². The van der Waals surface area contributed by atoms with Gasteiger partial charge < -0.3 is 28.8 Å². The highest BCUT2D eigenvalue weighted by Crippen LogP contribution is 2.57. The van der Waals surface area contributed by atoms with Gasteiger partial charge in [0.2, 0.25) is 6.29 Å². The van der Waals surface area contributed by atoms with Crippen molar-refractivity contribution in [2.75, 3.05) is 13.2 Å². The van der Waals surface area contributed by atoms with Crippen molar-refractivity contribution in [2.45, 2.75) is 56.9 Å². The van der Waals surface area contributed by atoms with E-state index in [2.05, 4.69) is 0 Å². The van der Waals surface area contributed by atoms with Crippen molar-refractivity contribution < 1.29 is 38.4 Å². The Labute approximate surface area is 174 Å². The first-order chi connectivity index (χ1) is 14.0. The minimum Gasteiger partial charge on any atom is -0.472 e. The fourth-order valence-corrected chi connectivity index (χ4v) is 7.10. The lowest BCUT2D eigenvalue weighted by Gasteiger charge is -2.28. The van der Waals surface area contributed by atoms with Gasteiger partial charge in [0, 0.05) is 35.7 Å². The molecule has 0 radical (unpaired) electrons. The molecule has 0 aromatic heterocycles. The van der Waals surface area contributed by atoms with Crippen LogP contribution in [0.3, 0.4) is 0 Å². The largest absolute Gasteiger partial charge is 0.472 e. The fourth-order valence-electron chi connectivity index (χ4n) is 7.10. The average Bonchev–Trinajstić information content (AvgIpc) is 3.50. The third-order valence-electron chi connectivity index (χ3n) is 8.20. The second kappa shape index (κ2) is 6.08. The minimum absolute atomic E-state index is 0. The zero-order chi connectivity index (χ0) is 19.5. The van der Waals surface area contributed by atoms with Crippen LogP contribution in [0.5, 0.6) is 0 Å².